The summed E-state index contributed by atoms with van der Waals surface area (Å²) in [5.41, 5.74) is 4.93. The van der Waals surface area contributed by atoms with Gasteiger partial charge in [0, 0.05) is 26.7 Å². The highest BCUT2D eigenvalue weighted by Gasteiger charge is 2.16. The molecule has 4 aromatic carbocycles. The van der Waals surface area contributed by atoms with E-state index in [4.69, 9.17) is 28.2 Å². The number of benzene rings is 4. The standard InChI is InChI=1S/C25H16Cl2N2/c26-19-12-8-17(9-13-19)23-24(18-10-14-20(27)15-11-18)29-25(28-23)22-7-3-5-16-4-1-2-6-21(16)22/h1-15H,(H,28,29). The highest BCUT2D eigenvalue weighted by atomic mass is 35.5. The average Bonchev–Trinajstić information content (AvgIpc) is 3.19. The van der Waals surface area contributed by atoms with Crippen molar-refractivity contribution in [3.63, 3.8) is 0 Å². The number of nitrogens with one attached hydrogen (secondary N) is 1. The lowest BCUT2D eigenvalue weighted by Gasteiger charge is -2.04. The number of rotatable bonds is 3. The van der Waals surface area contributed by atoms with E-state index in [1.807, 2.05) is 54.6 Å². The van der Waals surface area contributed by atoms with Gasteiger partial charge in [-0.3, -0.25) is 0 Å². The van der Waals surface area contributed by atoms with Crippen LogP contribution in [0.4, 0.5) is 0 Å². The molecule has 5 aromatic rings. The number of hydrogen-bond donors (Lipinski definition) is 1. The van der Waals surface area contributed by atoms with Gasteiger partial charge in [0.2, 0.25) is 0 Å². The summed E-state index contributed by atoms with van der Waals surface area (Å²) in [7, 11) is 0. The Balaban J connectivity index is 1.74. The zero-order valence-corrected chi connectivity index (χ0v) is 16.9. The first-order valence-corrected chi connectivity index (χ1v) is 10.0. The van der Waals surface area contributed by atoms with Crippen LogP contribution in [-0.2, 0) is 0 Å². The average molecular weight is 415 g/mol. The topological polar surface area (TPSA) is 28.7 Å². The number of fused-ring (bicyclic) bond motifs is 1. The Morgan fingerprint density at radius 2 is 1.24 bits per heavy atom. The number of aromatic nitrogens is 2. The van der Waals surface area contributed by atoms with E-state index in [1.165, 1.54) is 5.39 Å². The molecule has 0 aliphatic heterocycles. The van der Waals surface area contributed by atoms with Gasteiger partial charge in [0.05, 0.1) is 11.4 Å². The van der Waals surface area contributed by atoms with E-state index in [9.17, 15) is 0 Å². The summed E-state index contributed by atoms with van der Waals surface area (Å²) in [4.78, 5) is 8.55. The summed E-state index contributed by atoms with van der Waals surface area (Å²) in [6.45, 7) is 0. The van der Waals surface area contributed by atoms with Gasteiger partial charge in [-0.15, -0.1) is 0 Å². The number of H-pyrrole nitrogens is 1. The molecule has 1 aromatic heterocycles. The molecule has 0 bridgehead atoms. The summed E-state index contributed by atoms with van der Waals surface area (Å²) in [5, 5.41) is 3.75. The van der Waals surface area contributed by atoms with Crippen LogP contribution in [0.3, 0.4) is 0 Å². The van der Waals surface area contributed by atoms with Gasteiger partial charge in [-0.25, -0.2) is 4.98 Å². The van der Waals surface area contributed by atoms with Crippen LogP contribution < -0.4 is 0 Å². The van der Waals surface area contributed by atoms with E-state index in [-0.39, 0.29) is 0 Å². The van der Waals surface area contributed by atoms with Gasteiger partial charge < -0.3 is 4.98 Å². The molecule has 5 rings (SSSR count). The zero-order chi connectivity index (χ0) is 19.8. The molecule has 1 N–H and O–H groups in total. The monoisotopic (exact) mass is 414 g/mol. The zero-order valence-electron chi connectivity index (χ0n) is 15.4. The summed E-state index contributed by atoms with van der Waals surface area (Å²) in [6.07, 6.45) is 0. The van der Waals surface area contributed by atoms with E-state index >= 15 is 0 Å². The molecule has 4 heteroatoms. The fourth-order valence-electron chi connectivity index (χ4n) is 3.57. The SMILES string of the molecule is Clc1ccc(-c2nc(-c3cccc4ccccc34)[nH]c2-c2ccc(Cl)cc2)cc1. The van der Waals surface area contributed by atoms with Crippen LogP contribution in [0.2, 0.25) is 10.0 Å². The van der Waals surface area contributed by atoms with E-state index in [0.717, 1.165) is 39.3 Å². The molecule has 0 unspecified atom stereocenters. The van der Waals surface area contributed by atoms with Crippen molar-refractivity contribution >= 4 is 34.0 Å². The number of aromatic amines is 1. The third kappa shape index (κ3) is 3.42. The molecule has 1 heterocycles. The molecule has 0 radical (unpaired) electrons. The van der Waals surface area contributed by atoms with Gasteiger partial charge in [-0.1, -0.05) is 89.9 Å². The van der Waals surface area contributed by atoms with Crippen LogP contribution in [0, 0.1) is 0 Å². The molecular weight excluding hydrogens is 399 g/mol. The van der Waals surface area contributed by atoms with Gasteiger partial charge in [-0.2, -0.15) is 0 Å². The predicted octanol–water partition coefficient (Wildman–Crippen LogP) is 7.87. The van der Waals surface area contributed by atoms with Gasteiger partial charge in [0.25, 0.3) is 0 Å². The third-order valence-electron chi connectivity index (χ3n) is 5.00. The molecule has 0 spiro atoms. The maximum absolute atomic E-state index is 6.10. The summed E-state index contributed by atoms with van der Waals surface area (Å²) in [6, 6.07) is 30.1. The molecular formula is C25H16Cl2N2. The molecule has 0 fully saturated rings. The smallest absolute Gasteiger partial charge is 0.139 e. The van der Waals surface area contributed by atoms with Crippen molar-refractivity contribution in [2.24, 2.45) is 0 Å². The van der Waals surface area contributed by atoms with Crippen LogP contribution in [0.25, 0.3) is 44.7 Å². The lowest BCUT2D eigenvalue weighted by atomic mass is 10.0. The Morgan fingerprint density at radius 3 is 1.97 bits per heavy atom. The molecule has 0 amide bonds. The van der Waals surface area contributed by atoms with E-state index in [0.29, 0.717) is 10.0 Å². The molecule has 0 saturated heterocycles. The van der Waals surface area contributed by atoms with Crippen LogP contribution in [0.1, 0.15) is 0 Å². The van der Waals surface area contributed by atoms with Crippen LogP contribution in [0.15, 0.2) is 91.0 Å². The first-order chi connectivity index (χ1) is 14.2. The lowest BCUT2D eigenvalue weighted by molar-refractivity contribution is 1.32. The highest BCUT2D eigenvalue weighted by molar-refractivity contribution is 6.31. The molecule has 29 heavy (non-hydrogen) atoms. The summed E-state index contributed by atoms with van der Waals surface area (Å²) < 4.78 is 0. The number of halogens is 2. The summed E-state index contributed by atoms with van der Waals surface area (Å²) in [5.74, 6) is 0.830. The van der Waals surface area contributed by atoms with Crippen molar-refractivity contribution < 1.29 is 0 Å². The van der Waals surface area contributed by atoms with Gasteiger partial charge in [-0.05, 0) is 35.0 Å². The maximum Gasteiger partial charge on any atom is 0.139 e. The van der Waals surface area contributed by atoms with Crippen molar-refractivity contribution in [1.82, 2.24) is 9.97 Å². The number of imidazole rings is 1. The second kappa shape index (κ2) is 7.40. The fourth-order valence-corrected chi connectivity index (χ4v) is 3.83. The van der Waals surface area contributed by atoms with E-state index < -0.39 is 0 Å². The van der Waals surface area contributed by atoms with Crippen LogP contribution >= 0.6 is 23.2 Å². The molecule has 0 atom stereocenters. The fraction of sp³-hybridized carbons (Fsp3) is 0. The highest BCUT2D eigenvalue weighted by Crippen LogP contribution is 2.35. The molecule has 0 aliphatic rings. The Morgan fingerprint density at radius 1 is 0.621 bits per heavy atom. The van der Waals surface area contributed by atoms with Gasteiger partial charge in [0.15, 0.2) is 0 Å². The van der Waals surface area contributed by atoms with Gasteiger partial charge in [0.1, 0.15) is 5.82 Å². The normalized spacial score (nSPS) is 11.1. The Kier molecular flexibility index (Phi) is 4.59. The maximum atomic E-state index is 6.10. The predicted molar refractivity (Wildman–Crippen MR) is 122 cm³/mol. The van der Waals surface area contributed by atoms with Crippen LogP contribution in [-0.4, -0.2) is 9.97 Å². The minimum Gasteiger partial charge on any atom is -0.337 e. The quantitative estimate of drug-likeness (QED) is 0.319. The number of hydrogen-bond acceptors (Lipinski definition) is 1. The first-order valence-electron chi connectivity index (χ1n) is 9.29. The van der Waals surface area contributed by atoms with Crippen molar-refractivity contribution in [2.45, 2.75) is 0 Å². The Bertz CT molecular complexity index is 1240. The first kappa shape index (κ1) is 18.0. The number of nitrogens with zero attached hydrogens (tertiary/aromatic N) is 1. The van der Waals surface area contributed by atoms with Crippen LogP contribution in [0.5, 0.6) is 0 Å². The van der Waals surface area contributed by atoms with Crippen molar-refractivity contribution in [2.75, 3.05) is 0 Å². The molecule has 0 saturated carbocycles. The van der Waals surface area contributed by atoms with E-state index in [2.05, 4.69) is 41.4 Å². The van der Waals surface area contributed by atoms with Crippen molar-refractivity contribution in [3.8, 4) is 33.9 Å². The minimum absolute atomic E-state index is 0.701. The minimum atomic E-state index is 0.701. The second-order valence-electron chi connectivity index (χ2n) is 6.85. The Hall–Kier alpha value is -3.07. The molecule has 2 nitrogen and oxygen atoms in total. The lowest BCUT2D eigenvalue weighted by Crippen LogP contribution is -1.83. The largest absolute Gasteiger partial charge is 0.337 e. The molecule has 0 aliphatic carbocycles. The van der Waals surface area contributed by atoms with E-state index in [1.54, 1.807) is 0 Å². The molecule has 140 valence electrons. The summed E-state index contributed by atoms with van der Waals surface area (Å²) >= 11 is 12.2. The Labute approximate surface area is 178 Å². The van der Waals surface area contributed by atoms with Gasteiger partial charge >= 0.3 is 0 Å². The second-order valence-corrected chi connectivity index (χ2v) is 7.72. The van der Waals surface area contributed by atoms with Crippen molar-refractivity contribution in [3.05, 3.63) is 101 Å². The van der Waals surface area contributed by atoms with Crippen molar-refractivity contribution in [1.29, 1.82) is 0 Å². The third-order valence-corrected chi connectivity index (χ3v) is 5.50.